The zero-order valence-corrected chi connectivity index (χ0v) is 11.6. The molecule has 1 N–H and O–H groups in total. The van der Waals surface area contributed by atoms with Gasteiger partial charge in [0.2, 0.25) is 0 Å². The molecule has 98 valence electrons. The number of hydrogen-bond donors (Lipinski definition) is 1. The number of likely N-dealkylation sites (N-methyl/N-ethyl adjacent to an activating group) is 1. The van der Waals surface area contributed by atoms with E-state index in [2.05, 4.69) is 53.7 Å². The lowest BCUT2D eigenvalue weighted by Gasteiger charge is -2.21. The van der Waals surface area contributed by atoms with Crippen LogP contribution in [0.4, 0.5) is 0 Å². The van der Waals surface area contributed by atoms with Crippen LogP contribution in [0.5, 0.6) is 0 Å². The molecule has 17 heavy (non-hydrogen) atoms. The Morgan fingerprint density at radius 3 is 2.71 bits per heavy atom. The number of imidazole rings is 1. The van der Waals surface area contributed by atoms with Crippen molar-refractivity contribution in [3.63, 3.8) is 0 Å². The van der Waals surface area contributed by atoms with Gasteiger partial charge in [-0.1, -0.05) is 20.8 Å². The summed E-state index contributed by atoms with van der Waals surface area (Å²) in [6.07, 6.45) is 3.92. The Bertz CT molecular complexity index is 306. The average molecular weight is 238 g/mol. The third kappa shape index (κ3) is 5.33. The van der Waals surface area contributed by atoms with E-state index >= 15 is 0 Å². The van der Waals surface area contributed by atoms with Crippen molar-refractivity contribution < 1.29 is 0 Å². The third-order valence-corrected chi connectivity index (χ3v) is 3.01. The second-order valence-electron chi connectivity index (χ2n) is 4.71. The van der Waals surface area contributed by atoms with E-state index in [1.54, 1.807) is 0 Å². The molecule has 0 radical (unpaired) electrons. The molecular formula is C13H26N4. The summed E-state index contributed by atoms with van der Waals surface area (Å²) in [4.78, 5) is 6.70. The molecule has 0 fully saturated rings. The lowest BCUT2D eigenvalue weighted by Crippen LogP contribution is -2.36. The van der Waals surface area contributed by atoms with Gasteiger partial charge in [0.25, 0.3) is 0 Å². The largest absolute Gasteiger partial charge is 0.334 e. The average Bonchev–Trinajstić information content (AvgIpc) is 2.68. The highest BCUT2D eigenvalue weighted by molar-refractivity contribution is 4.88. The van der Waals surface area contributed by atoms with Crippen LogP contribution in [-0.4, -0.2) is 46.7 Å². The Labute approximate surface area is 105 Å². The molecule has 1 aromatic rings. The first-order chi connectivity index (χ1) is 8.13. The van der Waals surface area contributed by atoms with Gasteiger partial charge in [-0.25, -0.2) is 4.98 Å². The Morgan fingerprint density at radius 2 is 2.18 bits per heavy atom. The quantitative estimate of drug-likeness (QED) is 0.745. The molecule has 0 aliphatic carbocycles. The van der Waals surface area contributed by atoms with Crippen molar-refractivity contribution in [3.05, 3.63) is 18.2 Å². The summed E-state index contributed by atoms with van der Waals surface area (Å²) in [6, 6.07) is 0.574. The maximum absolute atomic E-state index is 4.24. The Balaban J connectivity index is 2.25. The first kappa shape index (κ1) is 14.2. The van der Waals surface area contributed by atoms with Crippen LogP contribution in [0.1, 0.15) is 26.6 Å². The van der Waals surface area contributed by atoms with E-state index in [1.165, 1.54) is 0 Å². The summed E-state index contributed by atoms with van der Waals surface area (Å²) in [5.41, 5.74) is 0. The molecule has 0 atom stereocenters. The zero-order valence-electron chi connectivity index (χ0n) is 11.6. The minimum atomic E-state index is 0.574. The highest BCUT2D eigenvalue weighted by Gasteiger charge is 2.04. The van der Waals surface area contributed by atoms with Crippen LogP contribution in [-0.2, 0) is 6.54 Å². The fraction of sp³-hybridized carbons (Fsp3) is 0.769. The fourth-order valence-corrected chi connectivity index (χ4v) is 1.83. The van der Waals surface area contributed by atoms with Crippen LogP contribution in [0.3, 0.4) is 0 Å². The van der Waals surface area contributed by atoms with Crippen LogP contribution in [0.15, 0.2) is 12.4 Å². The monoisotopic (exact) mass is 238 g/mol. The Kier molecular flexibility index (Phi) is 6.22. The number of nitrogens with zero attached hydrogens (tertiary/aromatic N) is 3. The standard InChI is InChI=1S/C13H26N4/c1-5-16(8-6-14-12(2)3)10-11-17-9-7-15-13(17)4/h7,9,12,14H,5-6,8,10-11H2,1-4H3. The highest BCUT2D eigenvalue weighted by atomic mass is 15.2. The lowest BCUT2D eigenvalue weighted by atomic mass is 10.4. The topological polar surface area (TPSA) is 33.1 Å². The second kappa shape index (κ2) is 7.45. The molecule has 1 heterocycles. The summed E-state index contributed by atoms with van der Waals surface area (Å²) >= 11 is 0. The van der Waals surface area contributed by atoms with Gasteiger partial charge in [0.15, 0.2) is 0 Å². The molecule has 0 aliphatic rings. The van der Waals surface area contributed by atoms with Crippen LogP contribution in [0.25, 0.3) is 0 Å². The van der Waals surface area contributed by atoms with Gasteiger partial charge in [-0.2, -0.15) is 0 Å². The van der Waals surface area contributed by atoms with E-state index in [-0.39, 0.29) is 0 Å². The smallest absolute Gasteiger partial charge is 0.105 e. The van der Waals surface area contributed by atoms with Gasteiger partial charge in [0, 0.05) is 44.6 Å². The third-order valence-electron chi connectivity index (χ3n) is 3.01. The van der Waals surface area contributed by atoms with E-state index in [4.69, 9.17) is 0 Å². The molecule has 4 nitrogen and oxygen atoms in total. The van der Waals surface area contributed by atoms with Gasteiger partial charge in [0.05, 0.1) is 0 Å². The summed E-state index contributed by atoms with van der Waals surface area (Å²) in [7, 11) is 0. The summed E-state index contributed by atoms with van der Waals surface area (Å²) in [5, 5.41) is 3.45. The van der Waals surface area contributed by atoms with Crippen molar-refractivity contribution in [1.82, 2.24) is 19.8 Å². The summed E-state index contributed by atoms with van der Waals surface area (Å²) in [6.45, 7) is 14.0. The SMILES string of the molecule is CCN(CCNC(C)C)CCn1ccnc1C. The lowest BCUT2D eigenvalue weighted by molar-refractivity contribution is 0.272. The number of aryl methyl sites for hydroxylation is 1. The molecule has 1 rings (SSSR count). The molecular weight excluding hydrogens is 212 g/mol. The molecule has 0 unspecified atom stereocenters. The van der Waals surface area contributed by atoms with E-state index < -0.39 is 0 Å². The van der Waals surface area contributed by atoms with Gasteiger partial charge < -0.3 is 14.8 Å². The minimum Gasteiger partial charge on any atom is -0.334 e. The van der Waals surface area contributed by atoms with Crippen molar-refractivity contribution in [2.45, 2.75) is 40.3 Å². The van der Waals surface area contributed by atoms with Gasteiger partial charge in [-0.15, -0.1) is 0 Å². The van der Waals surface area contributed by atoms with Crippen molar-refractivity contribution in [3.8, 4) is 0 Å². The van der Waals surface area contributed by atoms with Gasteiger partial charge in [-0.3, -0.25) is 0 Å². The fourth-order valence-electron chi connectivity index (χ4n) is 1.83. The van der Waals surface area contributed by atoms with E-state index in [0.29, 0.717) is 6.04 Å². The normalized spacial score (nSPS) is 11.6. The van der Waals surface area contributed by atoms with Crippen molar-refractivity contribution in [2.75, 3.05) is 26.2 Å². The first-order valence-electron chi connectivity index (χ1n) is 6.57. The van der Waals surface area contributed by atoms with Crippen LogP contribution in [0, 0.1) is 6.92 Å². The zero-order chi connectivity index (χ0) is 12.7. The molecule has 1 aromatic heterocycles. The molecule has 4 heteroatoms. The van der Waals surface area contributed by atoms with E-state index in [9.17, 15) is 0 Å². The van der Waals surface area contributed by atoms with Crippen LogP contribution in [0.2, 0.25) is 0 Å². The van der Waals surface area contributed by atoms with E-state index in [1.807, 2.05) is 6.20 Å². The Hall–Kier alpha value is -0.870. The number of aromatic nitrogens is 2. The van der Waals surface area contributed by atoms with Crippen LogP contribution < -0.4 is 5.32 Å². The van der Waals surface area contributed by atoms with E-state index in [0.717, 1.165) is 38.5 Å². The maximum atomic E-state index is 4.24. The highest BCUT2D eigenvalue weighted by Crippen LogP contribution is 1.96. The molecule has 0 bridgehead atoms. The number of nitrogens with one attached hydrogen (secondary N) is 1. The predicted octanol–water partition coefficient (Wildman–Crippen LogP) is 1.51. The summed E-state index contributed by atoms with van der Waals surface area (Å²) < 4.78 is 2.21. The van der Waals surface area contributed by atoms with Gasteiger partial charge >= 0.3 is 0 Å². The molecule has 0 spiro atoms. The predicted molar refractivity (Wildman–Crippen MR) is 72.2 cm³/mol. The molecule has 0 saturated heterocycles. The molecule has 0 aliphatic heterocycles. The van der Waals surface area contributed by atoms with Gasteiger partial charge in [-0.05, 0) is 13.5 Å². The number of rotatable bonds is 8. The molecule has 0 amide bonds. The van der Waals surface area contributed by atoms with Crippen molar-refractivity contribution in [1.29, 1.82) is 0 Å². The van der Waals surface area contributed by atoms with Crippen molar-refractivity contribution >= 4 is 0 Å². The Morgan fingerprint density at radius 1 is 1.41 bits per heavy atom. The van der Waals surface area contributed by atoms with Gasteiger partial charge in [0.1, 0.15) is 5.82 Å². The maximum Gasteiger partial charge on any atom is 0.105 e. The number of hydrogen-bond acceptors (Lipinski definition) is 3. The van der Waals surface area contributed by atoms with Crippen molar-refractivity contribution in [2.24, 2.45) is 0 Å². The first-order valence-corrected chi connectivity index (χ1v) is 6.57. The minimum absolute atomic E-state index is 0.574. The molecule has 0 saturated carbocycles. The summed E-state index contributed by atoms with van der Waals surface area (Å²) in [5.74, 6) is 1.10. The molecule has 0 aromatic carbocycles. The van der Waals surface area contributed by atoms with Crippen LogP contribution >= 0.6 is 0 Å². The second-order valence-corrected chi connectivity index (χ2v) is 4.71.